The van der Waals surface area contributed by atoms with Crippen LogP contribution in [0.4, 0.5) is 5.82 Å². The summed E-state index contributed by atoms with van der Waals surface area (Å²) in [6, 6.07) is 25.0. The number of aliphatic carboxylic acids is 1. The first-order chi connectivity index (χ1) is 11.7. The Morgan fingerprint density at radius 2 is 1.42 bits per heavy atom. The van der Waals surface area contributed by atoms with Gasteiger partial charge in [-0.15, -0.1) is 0 Å². The van der Waals surface area contributed by atoms with Gasteiger partial charge in [0.1, 0.15) is 0 Å². The highest BCUT2D eigenvalue weighted by atomic mass is 16.4. The van der Waals surface area contributed by atoms with Gasteiger partial charge in [-0.05, 0) is 12.1 Å². The van der Waals surface area contributed by atoms with E-state index in [0.29, 0.717) is 11.5 Å². The van der Waals surface area contributed by atoms with Gasteiger partial charge < -0.3 is 5.11 Å². The first-order valence-electron chi connectivity index (χ1n) is 7.59. The lowest BCUT2D eigenvalue weighted by atomic mass is 10.0. The Bertz CT molecular complexity index is 818. The average molecular weight is 316 g/mol. The van der Waals surface area contributed by atoms with Gasteiger partial charge in [0, 0.05) is 11.1 Å². The monoisotopic (exact) mass is 316 g/mol. The van der Waals surface area contributed by atoms with Gasteiger partial charge >= 0.3 is 5.97 Å². The van der Waals surface area contributed by atoms with E-state index in [1.165, 1.54) is 0 Å². The first-order valence-corrected chi connectivity index (χ1v) is 7.59. The molecule has 0 amide bonds. The Kier molecular flexibility index (Phi) is 4.77. The summed E-state index contributed by atoms with van der Waals surface area (Å²) in [4.78, 5) is 19.9. The van der Waals surface area contributed by atoms with E-state index in [2.05, 4.69) is 9.98 Å². The van der Waals surface area contributed by atoms with Crippen molar-refractivity contribution in [1.82, 2.24) is 4.98 Å². The van der Waals surface area contributed by atoms with Crippen molar-refractivity contribution >= 4 is 17.5 Å². The van der Waals surface area contributed by atoms with Crippen LogP contribution in [0.1, 0.15) is 16.8 Å². The summed E-state index contributed by atoms with van der Waals surface area (Å²) < 4.78 is 0. The minimum Gasteiger partial charge on any atom is -0.481 e. The second-order valence-corrected chi connectivity index (χ2v) is 5.25. The number of pyridine rings is 1. The number of carboxylic acids is 1. The van der Waals surface area contributed by atoms with Crippen molar-refractivity contribution in [1.29, 1.82) is 0 Å². The number of nitrogens with zero attached hydrogens (tertiary/aromatic N) is 2. The highest BCUT2D eigenvalue weighted by molar-refractivity contribution is 6.13. The molecule has 0 saturated heterocycles. The minimum absolute atomic E-state index is 0.116. The molecule has 0 unspecified atom stereocenters. The van der Waals surface area contributed by atoms with Gasteiger partial charge in [0.2, 0.25) is 0 Å². The van der Waals surface area contributed by atoms with Crippen LogP contribution in [0.5, 0.6) is 0 Å². The molecule has 0 aliphatic rings. The fourth-order valence-electron chi connectivity index (χ4n) is 2.38. The number of hydrogen-bond donors (Lipinski definition) is 1. The molecule has 0 radical (unpaired) electrons. The zero-order valence-electron chi connectivity index (χ0n) is 13.0. The van der Waals surface area contributed by atoms with Crippen molar-refractivity contribution in [2.75, 3.05) is 0 Å². The van der Waals surface area contributed by atoms with Gasteiger partial charge in [-0.25, -0.2) is 9.98 Å². The molecule has 3 aromatic rings. The minimum atomic E-state index is -0.907. The van der Waals surface area contributed by atoms with Crippen LogP contribution in [0.25, 0.3) is 0 Å². The molecule has 118 valence electrons. The third kappa shape index (κ3) is 3.93. The molecule has 0 fully saturated rings. The summed E-state index contributed by atoms with van der Waals surface area (Å²) in [5.41, 5.74) is 3.25. The number of hydrogen-bond acceptors (Lipinski definition) is 3. The van der Waals surface area contributed by atoms with Gasteiger partial charge in [0.15, 0.2) is 5.82 Å². The van der Waals surface area contributed by atoms with Crippen LogP contribution in [-0.2, 0) is 11.2 Å². The number of benzene rings is 2. The lowest BCUT2D eigenvalue weighted by Gasteiger charge is -2.07. The predicted octanol–water partition coefficient (Wildman–Crippen LogP) is 3.88. The Balaban J connectivity index is 2.06. The lowest BCUT2D eigenvalue weighted by molar-refractivity contribution is -0.136. The maximum atomic E-state index is 10.9. The summed E-state index contributed by atoms with van der Waals surface area (Å²) in [7, 11) is 0. The van der Waals surface area contributed by atoms with E-state index < -0.39 is 5.97 Å². The molecule has 0 atom stereocenters. The fraction of sp³-hybridized carbons (Fsp3) is 0.0500. The zero-order valence-corrected chi connectivity index (χ0v) is 13.0. The largest absolute Gasteiger partial charge is 0.481 e. The van der Waals surface area contributed by atoms with E-state index in [1.54, 1.807) is 18.2 Å². The second kappa shape index (κ2) is 7.33. The molecule has 1 aromatic heterocycles. The zero-order chi connectivity index (χ0) is 16.8. The summed E-state index contributed by atoms with van der Waals surface area (Å²) >= 11 is 0. The highest BCUT2D eigenvalue weighted by Gasteiger charge is 2.08. The third-order valence-electron chi connectivity index (χ3n) is 3.45. The van der Waals surface area contributed by atoms with E-state index in [9.17, 15) is 4.79 Å². The molecular weight excluding hydrogens is 300 g/mol. The van der Waals surface area contributed by atoms with E-state index in [1.807, 2.05) is 60.7 Å². The molecule has 2 aromatic carbocycles. The maximum Gasteiger partial charge on any atom is 0.309 e. The van der Waals surface area contributed by atoms with Crippen LogP contribution in [0.15, 0.2) is 83.9 Å². The molecule has 0 bridgehead atoms. The van der Waals surface area contributed by atoms with Gasteiger partial charge in [0.05, 0.1) is 17.8 Å². The second-order valence-electron chi connectivity index (χ2n) is 5.25. The maximum absolute atomic E-state index is 10.9. The third-order valence-corrected chi connectivity index (χ3v) is 3.45. The smallest absolute Gasteiger partial charge is 0.309 e. The fourth-order valence-corrected chi connectivity index (χ4v) is 2.38. The lowest BCUT2D eigenvalue weighted by Crippen LogP contribution is -2.04. The van der Waals surface area contributed by atoms with E-state index in [4.69, 9.17) is 5.11 Å². The number of carbonyl (C=O) groups is 1. The highest BCUT2D eigenvalue weighted by Crippen LogP contribution is 2.17. The summed E-state index contributed by atoms with van der Waals surface area (Å²) in [6.45, 7) is 0. The quantitative estimate of drug-likeness (QED) is 0.727. The molecule has 0 aliphatic heterocycles. The van der Waals surface area contributed by atoms with E-state index in [-0.39, 0.29) is 6.42 Å². The van der Waals surface area contributed by atoms with E-state index in [0.717, 1.165) is 16.8 Å². The normalized spacial score (nSPS) is 10.2. The molecule has 3 rings (SSSR count). The van der Waals surface area contributed by atoms with Crippen LogP contribution in [0.2, 0.25) is 0 Å². The Hall–Kier alpha value is -3.27. The van der Waals surface area contributed by atoms with Crippen LogP contribution in [0, 0.1) is 0 Å². The van der Waals surface area contributed by atoms with Gasteiger partial charge in [-0.2, -0.15) is 0 Å². The summed E-state index contributed by atoms with van der Waals surface area (Å²) in [6.07, 6.45) is -0.116. The van der Waals surface area contributed by atoms with Crippen molar-refractivity contribution in [3.8, 4) is 0 Å². The molecular formula is C20H16N2O2. The van der Waals surface area contributed by atoms with Gasteiger partial charge in [0.25, 0.3) is 0 Å². The number of carboxylic acid groups (broad SMARTS) is 1. The average Bonchev–Trinajstić information content (AvgIpc) is 2.61. The van der Waals surface area contributed by atoms with Crippen molar-refractivity contribution < 1.29 is 9.90 Å². The Morgan fingerprint density at radius 1 is 0.833 bits per heavy atom. The van der Waals surface area contributed by atoms with Gasteiger partial charge in [-0.1, -0.05) is 66.7 Å². The Morgan fingerprint density at radius 3 is 1.96 bits per heavy atom. The van der Waals surface area contributed by atoms with Crippen LogP contribution in [0.3, 0.4) is 0 Å². The van der Waals surface area contributed by atoms with Crippen LogP contribution < -0.4 is 0 Å². The summed E-state index contributed by atoms with van der Waals surface area (Å²) in [5, 5.41) is 8.92. The molecule has 1 N–H and O–H groups in total. The molecule has 4 nitrogen and oxygen atoms in total. The van der Waals surface area contributed by atoms with Crippen molar-refractivity contribution in [3.63, 3.8) is 0 Å². The van der Waals surface area contributed by atoms with E-state index >= 15 is 0 Å². The molecule has 0 aliphatic carbocycles. The topological polar surface area (TPSA) is 62.5 Å². The molecule has 4 heteroatoms. The standard InChI is InChI=1S/C20H16N2O2/c23-19(24)14-17-12-7-13-18(21-17)22-20(15-8-3-1-4-9-15)16-10-5-2-6-11-16/h1-13H,14H2,(H,23,24). The van der Waals surface area contributed by atoms with Crippen molar-refractivity contribution in [2.24, 2.45) is 4.99 Å². The molecule has 24 heavy (non-hydrogen) atoms. The van der Waals surface area contributed by atoms with Crippen LogP contribution in [-0.4, -0.2) is 21.8 Å². The predicted molar refractivity (Wildman–Crippen MR) is 93.8 cm³/mol. The molecule has 0 saturated carbocycles. The summed E-state index contributed by atoms with van der Waals surface area (Å²) in [5.74, 6) is -0.411. The Labute approximate surface area is 140 Å². The number of rotatable bonds is 5. The molecule has 1 heterocycles. The van der Waals surface area contributed by atoms with Crippen LogP contribution >= 0.6 is 0 Å². The SMILES string of the molecule is O=C(O)Cc1cccc(N=C(c2ccccc2)c2ccccc2)n1. The van der Waals surface area contributed by atoms with Crippen molar-refractivity contribution in [2.45, 2.75) is 6.42 Å². The number of aliphatic imine (C=N–C) groups is 1. The molecule has 0 spiro atoms. The number of aromatic nitrogens is 1. The van der Waals surface area contributed by atoms with Gasteiger partial charge in [-0.3, -0.25) is 4.79 Å². The first kappa shape index (κ1) is 15.6. The van der Waals surface area contributed by atoms with Crippen molar-refractivity contribution in [3.05, 3.63) is 95.7 Å².